The van der Waals surface area contributed by atoms with Crippen molar-refractivity contribution >= 4 is 80.3 Å². The van der Waals surface area contributed by atoms with E-state index >= 15 is 0 Å². The number of carbonyl (C=O) groups excluding carboxylic acids is 9. The van der Waals surface area contributed by atoms with Crippen molar-refractivity contribution in [2.24, 2.45) is 35.5 Å². The summed E-state index contributed by atoms with van der Waals surface area (Å²) < 4.78 is 71.7. The minimum absolute atomic E-state index is 0.00624. The smallest absolute Gasteiger partial charge is 0.472 e. The Morgan fingerprint density at radius 3 is 1.37 bits per heavy atom. The first-order chi connectivity index (χ1) is 57.8. The summed E-state index contributed by atoms with van der Waals surface area (Å²) in [6, 6.07) is 5.90. The lowest BCUT2D eigenvalue weighted by Gasteiger charge is -2.30. The highest BCUT2D eigenvalue weighted by Gasteiger charge is 2.46. The molecule has 0 aromatic heterocycles. The van der Waals surface area contributed by atoms with Gasteiger partial charge in [-0.3, -0.25) is 66.1 Å². The number of amides is 7. The van der Waals surface area contributed by atoms with E-state index in [-0.39, 0.29) is 194 Å². The number of phosphoric acid groups is 2. The molecule has 6 aliphatic rings. The zero-order valence-electron chi connectivity index (χ0n) is 78.0. The van der Waals surface area contributed by atoms with E-state index in [1.807, 2.05) is 111 Å². The molecule has 706 valence electrons. The molecule has 1 aromatic carbocycles. The standard InChI is InChI=1S/C30H56N3O9P.C30H58N3O8P.C30H44N2O5S/c1-20(2)28(34)10-9-11-29(35)32-16-26(41-23(7)8)14-25(32)19-40-43(37,38)42-27-15-24(18-39-22(5)6)33(17-27)30(36)12-13-31-21(3)4;1-21(2)11-9-10-12-29(34)32-17-27(40-24(7)8)15-26(32)20-39-42(36,37)41-28-16-25(19-38-23(5)6)33(18-28)30(35)13-14-31-22(3)4;1-19(2)13-14-38-27-17-28(35)32(30(27)37)18-22-5-9-23(10-6-22)26(34)16-24(29(36)31-20(3)4)15-21-7-11-25(33)12-8-21/h20-27,31H,9-19H2,1-8H3,(H,37,38);21-28,31H,9-20H2,1-8H3,(H,36,37);7-8,11-12,19-20,22-24,27,33H,5-6,9-10,13-18H2,1-4H3,(H,31,36)/t24-,25-,26+,27?;25-,26-,27+,28+;/m00./s1. The van der Waals surface area contributed by atoms with E-state index in [2.05, 4.69) is 43.6 Å². The lowest BCUT2D eigenvalue weighted by atomic mass is 9.77. The summed E-state index contributed by atoms with van der Waals surface area (Å²) in [5, 5.41) is 18.8. The van der Waals surface area contributed by atoms with Gasteiger partial charge in [-0.25, -0.2) is 9.13 Å². The Morgan fingerprint density at radius 2 is 0.943 bits per heavy atom. The maximum absolute atomic E-state index is 13.2. The van der Waals surface area contributed by atoms with E-state index in [1.165, 1.54) is 4.90 Å². The van der Waals surface area contributed by atoms with Gasteiger partial charge in [-0.2, -0.15) is 0 Å². The average molecular weight is 1800 g/mol. The van der Waals surface area contributed by atoms with Gasteiger partial charge < -0.3 is 69.4 Å². The number of rotatable bonds is 51. The first-order valence-corrected chi connectivity index (χ1v) is 49.9. The van der Waals surface area contributed by atoms with Crippen molar-refractivity contribution in [1.29, 1.82) is 0 Å². The third-order valence-electron chi connectivity index (χ3n) is 22.7. The fraction of sp³-hybridized carbons (Fsp3) is 0.833. The van der Waals surface area contributed by atoms with E-state index < -0.39 is 39.8 Å². The topological polar surface area (TPSA) is 375 Å². The highest BCUT2D eigenvalue weighted by atomic mass is 32.2. The van der Waals surface area contributed by atoms with Gasteiger partial charge in [-0.15, -0.1) is 11.8 Å². The predicted octanol–water partition coefficient (Wildman–Crippen LogP) is 13.0. The van der Waals surface area contributed by atoms with Gasteiger partial charge in [0.2, 0.25) is 41.4 Å². The zero-order chi connectivity index (χ0) is 91.6. The molecule has 1 aliphatic carbocycles. The Labute approximate surface area is 739 Å². The molecule has 7 amide bonds. The van der Waals surface area contributed by atoms with Crippen LogP contribution < -0.4 is 16.0 Å². The number of imide groups is 1. The molecule has 5 aliphatic heterocycles. The van der Waals surface area contributed by atoms with Crippen molar-refractivity contribution in [3.8, 4) is 5.75 Å². The Hall–Kier alpha value is -4.82. The fourth-order valence-electron chi connectivity index (χ4n) is 16.2. The average Bonchev–Trinajstić information content (AvgIpc) is 1.70. The quantitative estimate of drug-likeness (QED) is 0.0200. The van der Waals surface area contributed by atoms with E-state index in [1.54, 1.807) is 55.6 Å². The second-order valence-corrected chi connectivity index (χ2v) is 41.8. The number of aromatic hydroxyl groups is 1. The number of benzene rings is 1. The molecule has 1 aromatic rings. The second kappa shape index (κ2) is 54.6. The van der Waals surface area contributed by atoms with Gasteiger partial charge in [0.15, 0.2) is 0 Å². The number of likely N-dealkylation sites (tertiary alicyclic amines) is 5. The molecule has 6 N–H and O–H groups in total. The van der Waals surface area contributed by atoms with Crippen LogP contribution in [0.4, 0.5) is 0 Å². The van der Waals surface area contributed by atoms with Crippen LogP contribution in [0.3, 0.4) is 0 Å². The monoisotopic (exact) mass is 1800 g/mol. The third kappa shape index (κ3) is 41.2. The number of phenolic OH excluding ortho intramolecular Hbond substituents is 1. The summed E-state index contributed by atoms with van der Waals surface area (Å²) in [5.74, 6) is 1.58. The van der Waals surface area contributed by atoms with Crippen molar-refractivity contribution in [3.63, 3.8) is 0 Å². The van der Waals surface area contributed by atoms with Crippen LogP contribution in [0.2, 0.25) is 0 Å². The SMILES string of the molecule is CC(C)CCCCC(=O)N1C[C@H](OC(C)C)C[C@H]1COP(=O)(O)O[C@@H]1C[C@@H](COC(C)C)N(C(=O)CCNC(C)C)C1.CC(C)CCSC1CC(=O)N(CC2CCC(C(=O)CC(Cc3ccc(O)cc3)C(=O)NC(C)C)CC2)C1=O.CC(C)NCCC(=O)N1CC(OP(=O)(O)OC[C@@H]2C[C@@H](OC(C)C)CN2C(=O)CCCC(=O)C(C)C)C[C@H]1COC(C)C. The van der Waals surface area contributed by atoms with Gasteiger partial charge in [-0.1, -0.05) is 94.2 Å². The number of phenols is 1. The van der Waals surface area contributed by atoms with Crippen molar-refractivity contribution in [2.45, 2.75) is 370 Å². The van der Waals surface area contributed by atoms with Crippen molar-refractivity contribution in [1.82, 2.24) is 40.4 Å². The molecule has 30 nitrogen and oxygen atoms in total. The molecular weight excluding hydrogens is 1640 g/mol. The minimum atomic E-state index is -4.51. The molecular formula is C90H158N8O22P2S. The van der Waals surface area contributed by atoms with Gasteiger partial charge in [0.25, 0.3) is 0 Å². The summed E-state index contributed by atoms with van der Waals surface area (Å²) in [6.07, 6.45) is 9.84. The number of nitrogens with zero attached hydrogens (tertiary/aromatic N) is 5. The van der Waals surface area contributed by atoms with Gasteiger partial charge in [-0.05, 0) is 187 Å². The van der Waals surface area contributed by atoms with Crippen molar-refractivity contribution < 1.29 is 104 Å². The molecule has 5 heterocycles. The molecule has 5 unspecified atom stereocenters. The molecule has 7 rings (SSSR count). The van der Waals surface area contributed by atoms with Crippen LogP contribution in [-0.4, -0.2) is 267 Å². The van der Waals surface area contributed by atoms with Crippen LogP contribution in [0.1, 0.15) is 272 Å². The van der Waals surface area contributed by atoms with Crippen LogP contribution in [0.5, 0.6) is 5.75 Å². The summed E-state index contributed by atoms with van der Waals surface area (Å²) in [5.41, 5.74) is 0.906. The van der Waals surface area contributed by atoms with E-state index in [0.29, 0.717) is 128 Å². The lowest BCUT2D eigenvalue weighted by Crippen LogP contribution is -2.40. The normalized spacial score (nSPS) is 23.8. The lowest BCUT2D eigenvalue weighted by molar-refractivity contribution is -0.140. The van der Waals surface area contributed by atoms with Crippen LogP contribution in [0, 0.1) is 35.5 Å². The summed E-state index contributed by atoms with van der Waals surface area (Å²) >= 11 is 1.61. The molecule has 33 heteroatoms. The molecule has 0 bridgehead atoms. The third-order valence-corrected chi connectivity index (χ3v) is 26.0. The van der Waals surface area contributed by atoms with Crippen LogP contribution in [0.15, 0.2) is 24.3 Å². The van der Waals surface area contributed by atoms with E-state index in [4.69, 9.17) is 37.0 Å². The number of thioether (sulfide) groups is 1. The van der Waals surface area contributed by atoms with Crippen LogP contribution >= 0.6 is 27.4 Å². The fourth-order valence-corrected chi connectivity index (χ4v) is 19.6. The molecule has 123 heavy (non-hydrogen) atoms. The first-order valence-electron chi connectivity index (χ1n) is 45.9. The van der Waals surface area contributed by atoms with Gasteiger partial charge >= 0.3 is 15.6 Å². The highest BCUT2D eigenvalue weighted by molar-refractivity contribution is 8.00. The Balaban J connectivity index is 0.000000328. The maximum Gasteiger partial charge on any atom is 0.472 e. The molecule has 5 saturated heterocycles. The van der Waals surface area contributed by atoms with E-state index in [9.17, 15) is 67.2 Å². The minimum Gasteiger partial charge on any atom is -0.508 e. The van der Waals surface area contributed by atoms with Crippen molar-refractivity contribution in [2.75, 3.05) is 78.0 Å². The molecule has 0 radical (unpaired) electrons. The van der Waals surface area contributed by atoms with Gasteiger partial charge in [0, 0.05) is 127 Å². The summed E-state index contributed by atoms with van der Waals surface area (Å²) in [7, 11) is -8.97. The predicted molar refractivity (Wildman–Crippen MR) is 477 cm³/mol. The number of Topliss-reactive ketones (excluding diaryl/α,β-unsaturated/α-hetero) is 2. The number of carbonyl (C=O) groups is 9. The zero-order valence-corrected chi connectivity index (χ0v) is 80.6. The molecule has 6 fully saturated rings. The number of hydrogen-bond acceptors (Lipinski definition) is 23. The molecule has 12 atom stereocenters. The Bertz CT molecular complexity index is 3490. The van der Waals surface area contributed by atoms with Crippen LogP contribution in [0.25, 0.3) is 0 Å². The Kier molecular flexibility index (Phi) is 48.3. The van der Waals surface area contributed by atoms with Crippen LogP contribution in [-0.2, 0) is 95.7 Å². The maximum atomic E-state index is 13.2. The Morgan fingerprint density at radius 1 is 0.512 bits per heavy atom. The number of ketones is 2. The number of phosphoric ester groups is 2. The van der Waals surface area contributed by atoms with E-state index in [0.717, 1.165) is 62.7 Å². The highest BCUT2D eigenvalue weighted by Crippen LogP contribution is 2.49. The number of unbranched alkanes of at least 4 members (excludes halogenated alkanes) is 1. The summed E-state index contributed by atoms with van der Waals surface area (Å²) in [6.45, 7) is 42.6. The number of nitrogens with one attached hydrogen (secondary N) is 3. The van der Waals surface area contributed by atoms with Gasteiger partial charge in [0.05, 0.1) is 105 Å². The molecule has 0 spiro atoms. The number of hydrogen-bond donors (Lipinski definition) is 6. The van der Waals surface area contributed by atoms with Gasteiger partial charge in [0.1, 0.15) is 17.3 Å². The van der Waals surface area contributed by atoms with Crippen molar-refractivity contribution in [3.05, 3.63) is 29.8 Å². The second-order valence-electron chi connectivity index (χ2n) is 37.6. The summed E-state index contributed by atoms with van der Waals surface area (Å²) in [4.78, 5) is 145. The largest absolute Gasteiger partial charge is 0.508 e. The number of ether oxygens (including phenoxy) is 4. The first kappa shape index (κ1) is 109. The molecule has 1 saturated carbocycles.